The van der Waals surface area contributed by atoms with Gasteiger partial charge in [-0.25, -0.2) is 4.79 Å². The van der Waals surface area contributed by atoms with Gasteiger partial charge in [-0.2, -0.15) is 0 Å². The number of aliphatic hydroxyl groups excluding tert-OH is 2. The van der Waals surface area contributed by atoms with Crippen molar-refractivity contribution in [3.8, 4) is 0 Å². The predicted octanol–water partition coefficient (Wildman–Crippen LogP) is 0.935. The van der Waals surface area contributed by atoms with Gasteiger partial charge in [0.15, 0.2) is 12.4 Å². The summed E-state index contributed by atoms with van der Waals surface area (Å²) in [5.41, 5.74) is 0.884. The average Bonchev–Trinajstić information content (AvgIpc) is 2.48. The maximum atomic E-state index is 11.5. The molecule has 0 radical (unpaired) electrons. The van der Waals surface area contributed by atoms with E-state index in [4.69, 9.17) is 9.47 Å². The summed E-state index contributed by atoms with van der Waals surface area (Å²) < 4.78 is 15.0. The van der Waals surface area contributed by atoms with Crippen LogP contribution in [0, 0.1) is 0 Å². The Morgan fingerprint density at radius 1 is 1.15 bits per heavy atom. The summed E-state index contributed by atoms with van der Waals surface area (Å²) in [5, 5.41) is 20.0. The number of benzene rings is 1. The Hall–Kier alpha value is -1.47. The third kappa shape index (κ3) is 3.77. The van der Waals surface area contributed by atoms with E-state index in [1.807, 2.05) is 0 Å². The van der Waals surface area contributed by atoms with Crippen molar-refractivity contribution in [1.29, 1.82) is 0 Å². The highest BCUT2D eigenvalue weighted by molar-refractivity contribution is 5.75. The number of ether oxygens (including phenoxy) is 3. The van der Waals surface area contributed by atoms with Crippen LogP contribution in [0.3, 0.4) is 0 Å². The predicted molar refractivity (Wildman–Crippen MR) is 70.8 cm³/mol. The number of hydrogen-bond donors (Lipinski definition) is 2. The fourth-order valence-electron chi connectivity index (χ4n) is 1.87. The molecule has 6 heteroatoms. The molecule has 0 spiro atoms. The van der Waals surface area contributed by atoms with Gasteiger partial charge in [0.1, 0.15) is 6.10 Å². The maximum absolute atomic E-state index is 11.5. The van der Waals surface area contributed by atoms with Gasteiger partial charge in [0.05, 0.1) is 6.61 Å². The topological polar surface area (TPSA) is 85.2 Å². The molecule has 6 nitrogen and oxygen atoms in total. The van der Waals surface area contributed by atoms with E-state index in [1.54, 1.807) is 31.2 Å². The minimum atomic E-state index is -1.66. The van der Waals surface area contributed by atoms with Crippen LogP contribution < -0.4 is 0 Å². The zero-order chi connectivity index (χ0) is 15.1. The van der Waals surface area contributed by atoms with Crippen LogP contribution in [0.2, 0.25) is 0 Å². The van der Waals surface area contributed by atoms with Gasteiger partial charge in [-0.15, -0.1) is 0 Å². The zero-order valence-corrected chi connectivity index (χ0v) is 11.8. The summed E-state index contributed by atoms with van der Waals surface area (Å²) in [5.74, 6) is -0.874. The molecule has 0 aromatic heterocycles. The molecule has 0 aliphatic carbocycles. The van der Waals surface area contributed by atoms with Gasteiger partial charge in [-0.1, -0.05) is 24.3 Å². The van der Waals surface area contributed by atoms with Crippen molar-refractivity contribution >= 4 is 5.97 Å². The third-order valence-electron chi connectivity index (χ3n) is 2.82. The van der Waals surface area contributed by atoms with Crippen molar-refractivity contribution in [2.24, 2.45) is 0 Å². The van der Waals surface area contributed by atoms with Crippen molar-refractivity contribution < 1.29 is 29.2 Å². The van der Waals surface area contributed by atoms with Crippen LogP contribution >= 0.6 is 0 Å². The van der Waals surface area contributed by atoms with E-state index in [2.05, 4.69) is 4.74 Å². The lowest BCUT2D eigenvalue weighted by Crippen LogP contribution is -2.30. The Morgan fingerprint density at radius 2 is 1.70 bits per heavy atom. The summed E-state index contributed by atoms with van der Waals surface area (Å²) in [6, 6.07) is 6.71. The van der Waals surface area contributed by atoms with Crippen LogP contribution in [-0.4, -0.2) is 43.1 Å². The van der Waals surface area contributed by atoms with Gasteiger partial charge < -0.3 is 24.4 Å². The SMILES string of the molecule is CCOC(=O)C(O)C(O)c1ccccc1C(OC)OC. The highest BCUT2D eigenvalue weighted by Gasteiger charge is 2.30. The smallest absolute Gasteiger partial charge is 0.338 e. The normalized spacial score (nSPS) is 14.1. The van der Waals surface area contributed by atoms with Gasteiger partial charge >= 0.3 is 5.97 Å². The Labute approximate surface area is 117 Å². The Kier molecular flexibility index (Phi) is 6.60. The lowest BCUT2D eigenvalue weighted by Gasteiger charge is -2.22. The van der Waals surface area contributed by atoms with Crippen LogP contribution in [-0.2, 0) is 19.0 Å². The van der Waals surface area contributed by atoms with Crippen LogP contribution in [0.25, 0.3) is 0 Å². The van der Waals surface area contributed by atoms with Crippen LogP contribution in [0.5, 0.6) is 0 Å². The van der Waals surface area contributed by atoms with Gasteiger partial charge in [-0.05, 0) is 12.5 Å². The first-order valence-corrected chi connectivity index (χ1v) is 6.24. The second kappa shape index (κ2) is 7.96. The van der Waals surface area contributed by atoms with E-state index in [0.29, 0.717) is 11.1 Å². The molecule has 0 aliphatic rings. The highest BCUT2D eigenvalue weighted by Crippen LogP contribution is 2.28. The Morgan fingerprint density at radius 3 is 2.20 bits per heavy atom. The first-order valence-electron chi connectivity index (χ1n) is 6.24. The van der Waals surface area contributed by atoms with E-state index in [9.17, 15) is 15.0 Å². The number of rotatable bonds is 7. The lowest BCUT2D eigenvalue weighted by atomic mass is 9.98. The van der Waals surface area contributed by atoms with E-state index in [-0.39, 0.29) is 6.61 Å². The van der Waals surface area contributed by atoms with Gasteiger partial charge in [0, 0.05) is 19.8 Å². The fourth-order valence-corrected chi connectivity index (χ4v) is 1.87. The first-order chi connectivity index (χ1) is 9.56. The summed E-state index contributed by atoms with van der Waals surface area (Å²) >= 11 is 0. The number of hydrogen-bond acceptors (Lipinski definition) is 6. The fraction of sp³-hybridized carbons (Fsp3) is 0.500. The zero-order valence-electron chi connectivity index (χ0n) is 11.8. The molecule has 0 amide bonds. The molecule has 2 N–H and O–H groups in total. The lowest BCUT2D eigenvalue weighted by molar-refractivity contribution is -0.159. The quantitative estimate of drug-likeness (QED) is 0.572. The van der Waals surface area contributed by atoms with Crippen molar-refractivity contribution in [1.82, 2.24) is 0 Å². The van der Waals surface area contributed by atoms with Crippen LogP contribution in [0.15, 0.2) is 24.3 Å². The number of carbonyl (C=O) groups is 1. The van der Waals surface area contributed by atoms with Gasteiger partial charge in [0.25, 0.3) is 0 Å². The number of aliphatic hydroxyl groups is 2. The molecule has 112 valence electrons. The number of esters is 1. The van der Waals surface area contributed by atoms with Gasteiger partial charge in [-0.3, -0.25) is 0 Å². The average molecular weight is 284 g/mol. The van der Waals surface area contributed by atoms with Gasteiger partial charge in [0.2, 0.25) is 0 Å². The molecule has 0 aliphatic heterocycles. The summed E-state index contributed by atoms with van der Waals surface area (Å²) in [6.07, 6.45) is -3.78. The Balaban J connectivity index is 3.03. The van der Waals surface area contributed by atoms with Crippen LogP contribution in [0.1, 0.15) is 30.4 Å². The van der Waals surface area contributed by atoms with Crippen molar-refractivity contribution in [3.63, 3.8) is 0 Å². The van der Waals surface area contributed by atoms with Crippen molar-refractivity contribution in [3.05, 3.63) is 35.4 Å². The molecular weight excluding hydrogens is 264 g/mol. The summed E-state index contributed by atoms with van der Waals surface area (Å²) in [7, 11) is 2.91. The summed E-state index contributed by atoms with van der Waals surface area (Å²) in [6.45, 7) is 1.75. The second-order valence-corrected chi connectivity index (χ2v) is 4.07. The van der Waals surface area contributed by atoms with Crippen LogP contribution in [0.4, 0.5) is 0 Å². The molecule has 0 saturated heterocycles. The number of carbonyl (C=O) groups excluding carboxylic acids is 1. The monoisotopic (exact) mass is 284 g/mol. The molecule has 2 atom stereocenters. The Bertz CT molecular complexity index is 429. The minimum Gasteiger partial charge on any atom is -0.464 e. The molecule has 0 fully saturated rings. The third-order valence-corrected chi connectivity index (χ3v) is 2.82. The van der Waals surface area contributed by atoms with E-state index in [1.165, 1.54) is 14.2 Å². The molecular formula is C14H20O6. The second-order valence-electron chi connectivity index (χ2n) is 4.07. The molecule has 0 bridgehead atoms. The molecule has 2 unspecified atom stereocenters. The summed E-state index contributed by atoms with van der Waals surface area (Å²) in [4.78, 5) is 11.5. The number of methoxy groups -OCH3 is 2. The highest BCUT2D eigenvalue weighted by atomic mass is 16.7. The molecule has 0 saturated carbocycles. The molecule has 1 aromatic carbocycles. The van der Waals surface area contributed by atoms with Crippen molar-refractivity contribution in [2.45, 2.75) is 25.4 Å². The largest absolute Gasteiger partial charge is 0.464 e. The molecule has 1 aromatic rings. The maximum Gasteiger partial charge on any atom is 0.338 e. The molecule has 20 heavy (non-hydrogen) atoms. The van der Waals surface area contributed by atoms with E-state index in [0.717, 1.165) is 0 Å². The first kappa shape index (κ1) is 16.6. The minimum absolute atomic E-state index is 0.128. The molecule has 1 rings (SSSR count). The standard InChI is InChI=1S/C14H20O6/c1-4-20-13(17)12(16)11(15)9-7-5-6-8-10(9)14(18-2)19-3/h5-8,11-12,14-16H,4H2,1-3H3. The van der Waals surface area contributed by atoms with E-state index >= 15 is 0 Å². The van der Waals surface area contributed by atoms with E-state index < -0.39 is 24.5 Å². The molecule has 0 heterocycles. The van der Waals surface area contributed by atoms with Crippen molar-refractivity contribution in [2.75, 3.05) is 20.8 Å².